The van der Waals surface area contributed by atoms with E-state index in [2.05, 4.69) is 19.9 Å². The van der Waals surface area contributed by atoms with Gasteiger partial charge in [0.15, 0.2) is 11.0 Å². The van der Waals surface area contributed by atoms with E-state index < -0.39 is 5.82 Å². The lowest BCUT2D eigenvalue weighted by Crippen LogP contribution is -1.92. The topological polar surface area (TPSA) is 51.6 Å². The largest absolute Gasteiger partial charge is 0.231 e. The predicted molar refractivity (Wildman–Crippen MR) is 53.2 cm³/mol. The lowest BCUT2D eigenvalue weighted by atomic mass is 10.6. The normalized spacial score (nSPS) is 10.3. The average Bonchev–Trinajstić information content (AvgIpc) is 2.25. The zero-order valence-corrected chi connectivity index (χ0v) is 8.83. The third kappa shape index (κ3) is 2.60. The van der Waals surface area contributed by atoms with Gasteiger partial charge in [0, 0.05) is 12.4 Å². The molecule has 0 saturated heterocycles. The van der Waals surface area contributed by atoms with Crippen LogP contribution in [-0.4, -0.2) is 19.9 Å². The van der Waals surface area contributed by atoms with E-state index in [-0.39, 0.29) is 10.3 Å². The molecule has 0 aliphatic carbocycles. The Hall–Kier alpha value is -1.27. The molecule has 2 rings (SSSR count). The molecule has 15 heavy (non-hydrogen) atoms. The maximum Gasteiger partial charge on any atom is 0.223 e. The van der Waals surface area contributed by atoms with E-state index in [9.17, 15) is 4.39 Å². The molecule has 0 N–H and O–H groups in total. The number of hydrogen-bond donors (Lipinski definition) is 0. The monoisotopic (exact) mass is 242 g/mol. The third-order valence-electron chi connectivity index (χ3n) is 1.41. The summed E-state index contributed by atoms with van der Waals surface area (Å²) in [6, 6.07) is 1.67. The fraction of sp³-hybridized carbons (Fsp3) is 0. The van der Waals surface area contributed by atoms with Crippen molar-refractivity contribution < 1.29 is 4.39 Å². The number of rotatable bonds is 2. The summed E-state index contributed by atoms with van der Waals surface area (Å²) in [5.74, 6) is -0.545. The minimum absolute atomic E-state index is 0.00479. The summed E-state index contributed by atoms with van der Waals surface area (Å²) >= 11 is 6.54. The van der Waals surface area contributed by atoms with Gasteiger partial charge in [0.1, 0.15) is 5.03 Å². The number of hydrogen-bond acceptors (Lipinski definition) is 5. The molecule has 0 aromatic carbocycles. The van der Waals surface area contributed by atoms with Crippen LogP contribution in [0.1, 0.15) is 0 Å². The van der Waals surface area contributed by atoms with Crippen LogP contribution in [-0.2, 0) is 0 Å². The van der Waals surface area contributed by atoms with Gasteiger partial charge >= 0.3 is 0 Å². The summed E-state index contributed by atoms with van der Waals surface area (Å²) in [7, 11) is 0. The second-order valence-electron chi connectivity index (χ2n) is 2.43. The average molecular weight is 243 g/mol. The molecule has 4 nitrogen and oxygen atoms in total. The minimum Gasteiger partial charge on any atom is -0.231 e. The minimum atomic E-state index is -0.545. The molecule has 2 aromatic heterocycles. The third-order valence-corrected chi connectivity index (χ3v) is 2.47. The summed E-state index contributed by atoms with van der Waals surface area (Å²) in [6.07, 6.45) is 4.15. The van der Waals surface area contributed by atoms with Crippen LogP contribution in [0, 0.1) is 5.82 Å². The molecule has 0 unspecified atom stereocenters. The fourth-order valence-electron chi connectivity index (χ4n) is 0.827. The molecule has 0 spiro atoms. The Labute approximate surface area is 94.0 Å². The fourth-order valence-corrected chi connectivity index (χ4v) is 1.69. The van der Waals surface area contributed by atoms with Crippen LogP contribution in [0.5, 0.6) is 0 Å². The van der Waals surface area contributed by atoms with Crippen LogP contribution in [0.3, 0.4) is 0 Å². The number of aromatic nitrogens is 4. The zero-order chi connectivity index (χ0) is 10.7. The van der Waals surface area contributed by atoms with Crippen LogP contribution in [0.4, 0.5) is 4.39 Å². The summed E-state index contributed by atoms with van der Waals surface area (Å²) in [6.45, 7) is 0. The van der Waals surface area contributed by atoms with Crippen molar-refractivity contribution in [3.63, 3.8) is 0 Å². The van der Waals surface area contributed by atoms with Gasteiger partial charge < -0.3 is 0 Å². The van der Waals surface area contributed by atoms with E-state index in [0.29, 0.717) is 5.16 Å². The van der Waals surface area contributed by atoms with Gasteiger partial charge in [0.05, 0.1) is 6.20 Å². The zero-order valence-electron chi connectivity index (χ0n) is 7.26. The maximum absolute atomic E-state index is 13.2. The molecule has 0 amide bonds. The molecule has 0 aliphatic heterocycles. The van der Waals surface area contributed by atoms with E-state index in [1.165, 1.54) is 0 Å². The van der Waals surface area contributed by atoms with Gasteiger partial charge in [0.2, 0.25) is 5.28 Å². The Morgan fingerprint density at radius 3 is 2.67 bits per heavy atom. The van der Waals surface area contributed by atoms with Crippen molar-refractivity contribution in [2.45, 2.75) is 10.2 Å². The molecule has 2 aromatic rings. The van der Waals surface area contributed by atoms with Gasteiger partial charge in [-0.1, -0.05) is 0 Å². The lowest BCUT2D eigenvalue weighted by Gasteiger charge is -1.99. The van der Waals surface area contributed by atoms with Crippen molar-refractivity contribution >= 4 is 23.4 Å². The van der Waals surface area contributed by atoms with Gasteiger partial charge in [-0.3, -0.25) is 0 Å². The predicted octanol–water partition coefficient (Wildman–Crippen LogP) is 2.21. The Kier molecular flexibility index (Phi) is 3.08. The highest BCUT2D eigenvalue weighted by atomic mass is 35.5. The first-order valence-electron chi connectivity index (χ1n) is 3.88. The summed E-state index contributed by atoms with van der Waals surface area (Å²) in [4.78, 5) is 15.1. The summed E-state index contributed by atoms with van der Waals surface area (Å²) < 4.78 is 13.2. The van der Waals surface area contributed by atoms with Gasteiger partial charge in [-0.25, -0.2) is 24.3 Å². The molecule has 0 fully saturated rings. The van der Waals surface area contributed by atoms with Crippen molar-refractivity contribution in [3.05, 3.63) is 35.8 Å². The van der Waals surface area contributed by atoms with Gasteiger partial charge in [-0.2, -0.15) is 0 Å². The summed E-state index contributed by atoms with van der Waals surface area (Å²) in [5.41, 5.74) is 0. The number of halogens is 2. The molecule has 0 bridgehead atoms. The van der Waals surface area contributed by atoms with Crippen molar-refractivity contribution in [3.8, 4) is 0 Å². The first-order chi connectivity index (χ1) is 7.25. The second kappa shape index (κ2) is 4.50. The SMILES string of the molecule is Fc1cnc(Cl)nc1Sc1ncccn1. The highest BCUT2D eigenvalue weighted by Gasteiger charge is 2.09. The van der Waals surface area contributed by atoms with E-state index in [1.807, 2.05) is 0 Å². The Bertz CT molecular complexity index is 467. The van der Waals surface area contributed by atoms with Crippen LogP contribution < -0.4 is 0 Å². The Morgan fingerprint density at radius 2 is 1.93 bits per heavy atom. The Balaban J connectivity index is 2.28. The van der Waals surface area contributed by atoms with E-state index >= 15 is 0 Å². The van der Waals surface area contributed by atoms with Crippen molar-refractivity contribution in [1.82, 2.24) is 19.9 Å². The summed E-state index contributed by atoms with van der Waals surface area (Å²) in [5, 5.41) is 0.516. The standard InChI is InChI=1S/C8H4ClFN4S/c9-7-13-4-5(10)6(14-7)15-8-11-2-1-3-12-8/h1-4H. The van der Waals surface area contributed by atoms with Crippen LogP contribution in [0.2, 0.25) is 5.28 Å². The maximum atomic E-state index is 13.2. The van der Waals surface area contributed by atoms with E-state index in [0.717, 1.165) is 18.0 Å². The number of nitrogens with zero attached hydrogens (tertiary/aromatic N) is 4. The van der Waals surface area contributed by atoms with Gasteiger partial charge in [-0.05, 0) is 29.4 Å². The molecule has 0 radical (unpaired) electrons. The van der Waals surface area contributed by atoms with Crippen molar-refractivity contribution in [1.29, 1.82) is 0 Å². The lowest BCUT2D eigenvalue weighted by molar-refractivity contribution is 0.578. The molecular weight excluding hydrogens is 239 g/mol. The molecular formula is C8H4ClFN4S. The quantitative estimate of drug-likeness (QED) is 0.597. The second-order valence-corrected chi connectivity index (χ2v) is 3.72. The first-order valence-corrected chi connectivity index (χ1v) is 5.08. The Morgan fingerprint density at radius 1 is 1.20 bits per heavy atom. The van der Waals surface area contributed by atoms with Gasteiger partial charge in [0.25, 0.3) is 0 Å². The van der Waals surface area contributed by atoms with Gasteiger partial charge in [-0.15, -0.1) is 0 Å². The molecule has 7 heteroatoms. The van der Waals surface area contributed by atoms with Crippen LogP contribution in [0.25, 0.3) is 0 Å². The molecule has 0 saturated carbocycles. The molecule has 2 heterocycles. The van der Waals surface area contributed by atoms with Crippen LogP contribution in [0.15, 0.2) is 34.8 Å². The van der Waals surface area contributed by atoms with E-state index in [1.54, 1.807) is 18.5 Å². The molecule has 0 atom stereocenters. The van der Waals surface area contributed by atoms with Crippen molar-refractivity contribution in [2.24, 2.45) is 0 Å². The highest BCUT2D eigenvalue weighted by molar-refractivity contribution is 7.99. The first kappa shape index (κ1) is 10.3. The highest BCUT2D eigenvalue weighted by Crippen LogP contribution is 2.24. The van der Waals surface area contributed by atoms with Crippen molar-refractivity contribution in [2.75, 3.05) is 0 Å². The molecule has 0 aliphatic rings. The smallest absolute Gasteiger partial charge is 0.223 e. The molecule has 76 valence electrons. The van der Waals surface area contributed by atoms with Crippen LogP contribution >= 0.6 is 23.4 Å². The van der Waals surface area contributed by atoms with E-state index in [4.69, 9.17) is 11.6 Å².